The second-order valence-electron chi connectivity index (χ2n) is 16.5. The number of thioether (sulfide) groups is 1. The maximum atomic E-state index is 14.1. The van der Waals surface area contributed by atoms with Gasteiger partial charge in [0.1, 0.15) is 30.4 Å². The van der Waals surface area contributed by atoms with Crippen LogP contribution in [0.5, 0.6) is 5.75 Å². The van der Waals surface area contributed by atoms with Crippen LogP contribution < -0.4 is 25.7 Å². The van der Waals surface area contributed by atoms with Gasteiger partial charge in [0.2, 0.25) is 5.91 Å². The van der Waals surface area contributed by atoms with Crippen LogP contribution in [0.4, 0.5) is 5.82 Å². The maximum Gasteiger partial charge on any atom is 0.342 e. The first-order valence-corrected chi connectivity index (χ1v) is 25.9. The Morgan fingerprint density at radius 2 is 1.33 bits per heavy atom. The summed E-state index contributed by atoms with van der Waals surface area (Å²) < 4.78 is 52.4. The molecule has 0 saturated heterocycles. The number of benzene rings is 3. The number of carbonyl (C=O) groups is 8. The van der Waals surface area contributed by atoms with E-state index in [9.17, 15) is 51.9 Å². The molecule has 22 nitrogen and oxygen atoms in total. The van der Waals surface area contributed by atoms with Crippen LogP contribution >= 0.6 is 11.8 Å². The van der Waals surface area contributed by atoms with E-state index in [-0.39, 0.29) is 125 Å². The van der Waals surface area contributed by atoms with Crippen LogP contribution in [-0.2, 0) is 77.3 Å². The van der Waals surface area contributed by atoms with Gasteiger partial charge in [-0.3, -0.25) is 24.3 Å². The van der Waals surface area contributed by atoms with E-state index < -0.39 is 69.1 Å². The molecule has 4 aromatic rings. The Kier molecular flexibility index (Phi) is 25.0. The number of rotatable bonds is 23. The molecule has 5 N–H and O–H groups in total. The van der Waals surface area contributed by atoms with Crippen molar-refractivity contribution in [3.63, 3.8) is 0 Å². The van der Waals surface area contributed by atoms with Gasteiger partial charge in [-0.15, -0.1) is 11.8 Å². The number of carbonyl (C=O) groups excluding carboxylic acids is 7. The summed E-state index contributed by atoms with van der Waals surface area (Å²) in [5.74, 6) is -6.26. The molecule has 2 heterocycles. The SMILES string of the molecule is C=C(C)C(=O)OCC(COC(=O)C(=C)C)NC(C)C(=O)NC1=N/C(=C\c2[n-]c(NC(=O)C(C)Sc3cc(OC=O)cc(C(=O)O)c3)c(C(=O)OCC)c2-c2ccccc2)C(c2ccccc2)=C1C(=O)OCC.CS(=O)(=O)O.[Zn]. The van der Waals surface area contributed by atoms with Crippen molar-refractivity contribution in [1.29, 1.82) is 0 Å². The number of anilines is 1. The summed E-state index contributed by atoms with van der Waals surface area (Å²) in [4.78, 5) is 114. The number of aromatic carboxylic acids is 1. The molecule has 410 valence electrons. The average molecular weight is 1160 g/mol. The minimum atomic E-state index is -3.67. The normalized spacial score (nSPS) is 13.0. The number of nitrogens with zero attached hydrogens (tertiary/aromatic N) is 2. The predicted molar refractivity (Wildman–Crippen MR) is 284 cm³/mol. The molecule has 2 atom stereocenters. The van der Waals surface area contributed by atoms with Crippen molar-refractivity contribution >= 4 is 93.3 Å². The predicted octanol–water partition coefficient (Wildman–Crippen LogP) is 5.81. The summed E-state index contributed by atoms with van der Waals surface area (Å²) in [5, 5.41) is 17.2. The van der Waals surface area contributed by atoms with E-state index >= 15 is 0 Å². The Hall–Kier alpha value is -7.83. The molecule has 3 aromatic carbocycles. The standard InChI is InChI=1S/C52H53N5O14S.CH4O3S.Zn/c1-9-67-51(65)42-40(32-17-13-11-14-18-32)38(54-44(42)56-46(59)30(7)53-35(25-69-49(63)28(3)4)26-70-50(64)29(5)6)24-39-41(33-19-15-12-16-20-33)43(52(66)68-10-2)45(55-39)57-47(60)31(8)72-37-22-34(48(61)62)21-36(23-37)71-27-58;1-5(2,3)4;/h11-24,27,30-31,35,53H,3,5,9-10,25-26H2,1-2,4,6-8H3,(H4,54,55,56,57,59,60,61,62,65,66);1H3,(H,2,3,4);/p-1. The van der Waals surface area contributed by atoms with Gasteiger partial charge in [-0.1, -0.05) is 73.8 Å². The number of carboxylic acids is 1. The molecule has 0 radical (unpaired) electrons. The maximum absolute atomic E-state index is 14.1. The fraction of sp³-hybridized carbons (Fsp3) is 0.264. The average Bonchev–Trinajstić information content (AvgIpc) is 3.94. The van der Waals surface area contributed by atoms with Gasteiger partial charge in [0.25, 0.3) is 16.6 Å². The third-order valence-electron chi connectivity index (χ3n) is 10.2. The zero-order valence-electron chi connectivity index (χ0n) is 43.6. The van der Waals surface area contributed by atoms with Crippen LogP contribution in [0.1, 0.15) is 73.5 Å². The second kappa shape index (κ2) is 30.2. The van der Waals surface area contributed by atoms with Gasteiger partial charge in [-0.25, -0.2) is 29.0 Å². The van der Waals surface area contributed by atoms with E-state index in [0.717, 1.165) is 17.8 Å². The topological polar surface area (TPSA) is 320 Å². The largest absolute Gasteiger partial charge is 0.478 e. The molecular weight excluding hydrogens is 1110 g/mol. The molecule has 1 aromatic heterocycles. The molecule has 1 aliphatic rings. The molecule has 0 bridgehead atoms. The van der Waals surface area contributed by atoms with Gasteiger partial charge in [0.15, 0.2) is 5.91 Å². The molecule has 25 heteroatoms. The molecule has 0 aliphatic carbocycles. The zero-order chi connectivity index (χ0) is 57.1. The fourth-order valence-corrected chi connectivity index (χ4v) is 7.79. The van der Waals surface area contributed by atoms with Crippen molar-refractivity contribution in [3.05, 3.63) is 137 Å². The van der Waals surface area contributed by atoms with Crippen molar-refractivity contribution in [2.45, 2.75) is 63.8 Å². The van der Waals surface area contributed by atoms with Gasteiger partial charge >= 0.3 is 29.8 Å². The molecule has 0 saturated carbocycles. The number of aliphatic imine (C=N–C) groups is 1. The number of amidine groups is 1. The molecule has 1 aliphatic heterocycles. The van der Waals surface area contributed by atoms with E-state index in [1.165, 1.54) is 45.9 Å². The first-order chi connectivity index (χ1) is 36.4. The van der Waals surface area contributed by atoms with Crippen LogP contribution in [0.15, 0.2) is 124 Å². The Morgan fingerprint density at radius 1 is 0.795 bits per heavy atom. The number of carboxylic acid groups (broad SMARTS) is 1. The molecule has 78 heavy (non-hydrogen) atoms. The molecule has 2 amide bonds. The fourth-order valence-electron chi connectivity index (χ4n) is 6.84. The van der Waals surface area contributed by atoms with Crippen LogP contribution in [-0.4, -0.2) is 122 Å². The molecule has 5 rings (SSSR count). The van der Waals surface area contributed by atoms with Crippen LogP contribution in [0.25, 0.3) is 22.8 Å². The van der Waals surface area contributed by atoms with Crippen LogP contribution in [0.2, 0.25) is 0 Å². The zero-order valence-corrected chi connectivity index (χ0v) is 48.2. The number of nitrogens with one attached hydrogen (secondary N) is 3. The second-order valence-corrected chi connectivity index (χ2v) is 19.4. The van der Waals surface area contributed by atoms with Gasteiger partial charge in [-0.2, -0.15) is 8.42 Å². The Morgan fingerprint density at radius 3 is 1.85 bits per heavy atom. The monoisotopic (exact) mass is 1160 g/mol. The van der Waals surface area contributed by atoms with Crippen LogP contribution in [0, 0.1) is 0 Å². The number of amides is 2. The smallest absolute Gasteiger partial charge is 0.342 e. The molecule has 2 unspecified atom stereocenters. The van der Waals surface area contributed by atoms with Crippen molar-refractivity contribution in [2.24, 2.45) is 4.99 Å². The molecule has 0 spiro atoms. The molecule has 0 fully saturated rings. The summed E-state index contributed by atoms with van der Waals surface area (Å²) >= 11 is 0.945. The number of hydrogen-bond donors (Lipinski definition) is 5. The van der Waals surface area contributed by atoms with E-state index in [1.807, 2.05) is 0 Å². The minimum absolute atomic E-state index is 0. The third kappa shape index (κ3) is 19.0. The van der Waals surface area contributed by atoms with Crippen molar-refractivity contribution in [3.8, 4) is 16.9 Å². The van der Waals surface area contributed by atoms with Gasteiger partial charge in [0.05, 0.1) is 53.6 Å². The van der Waals surface area contributed by atoms with Gasteiger partial charge < -0.3 is 44.4 Å². The quantitative estimate of drug-likeness (QED) is 0.0111. The Labute approximate surface area is 466 Å². The number of ether oxygens (including phenoxy) is 5. The van der Waals surface area contributed by atoms with E-state index in [0.29, 0.717) is 17.4 Å². The van der Waals surface area contributed by atoms with Crippen molar-refractivity contribution < 1.29 is 99.6 Å². The summed E-state index contributed by atoms with van der Waals surface area (Å²) in [5.41, 5.74) is 1.31. The Bertz CT molecular complexity index is 3100. The van der Waals surface area contributed by atoms with E-state index in [4.69, 9.17) is 38.2 Å². The van der Waals surface area contributed by atoms with Crippen LogP contribution in [0.3, 0.4) is 0 Å². The first-order valence-electron chi connectivity index (χ1n) is 23.2. The summed E-state index contributed by atoms with van der Waals surface area (Å²) in [6.45, 7) is 15.7. The number of hydrogen-bond acceptors (Lipinski definition) is 18. The van der Waals surface area contributed by atoms with Gasteiger partial charge in [0, 0.05) is 41.1 Å². The Balaban J connectivity index is 0.00000254. The number of allylic oxidation sites excluding steroid dienone is 1. The van der Waals surface area contributed by atoms with Crippen molar-refractivity contribution in [2.75, 3.05) is 38.0 Å². The summed E-state index contributed by atoms with van der Waals surface area (Å²) in [7, 11) is -3.67. The van der Waals surface area contributed by atoms with E-state index in [2.05, 4.69) is 29.1 Å². The van der Waals surface area contributed by atoms with E-state index in [1.54, 1.807) is 74.5 Å². The number of aromatic nitrogens is 1. The molecular formula is C53H56N5O17S2Zn-. The first kappa shape index (κ1) is 64.5. The minimum Gasteiger partial charge on any atom is -0.478 e. The van der Waals surface area contributed by atoms with Crippen molar-refractivity contribution in [1.82, 2.24) is 15.6 Å². The summed E-state index contributed by atoms with van der Waals surface area (Å²) in [6.07, 6.45) is 2.20. The summed E-state index contributed by atoms with van der Waals surface area (Å²) in [6, 6.07) is 19.1. The third-order valence-corrected chi connectivity index (χ3v) is 11.3. The number of esters is 4. The van der Waals surface area contributed by atoms with Gasteiger partial charge in [-0.05, 0) is 94.0 Å².